The SMILES string of the molecule is O=C(NCc1cccc(O)c1)NC1CCN(c2nc(NCC(c3ccc(O)cc3)c3ccc(O)cc3)c3ncn([C@@H]4O[C@H](c5nnn(CCO)n5)[C@@H](O)[C@H]4O)c3n2)C1. The van der Waals surface area contributed by atoms with E-state index in [2.05, 4.69) is 36.3 Å². The number of aromatic hydroxyl groups is 3. The number of ether oxygens (including phenoxy) is 1. The summed E-state index contributed by atoms with van der Waals surface area (Å²) >= 11 is 0. The van der Waals surface area contributed by atoms with Crippen molar-refractivity contribution < 1.29 is 40.2 Å². The molecule has 9 N–H and O–H groups in total. The first-order chi connectivity index (χ1) is 28.1. The van der Waals surface area contributed by atoms with E-state index in [0.717, 1.165) is 21.5 Å². The van der Waals surface area contributed by atoms with Gasteiger partial charge in [-0.25, -0.2) is 9.78 Å². The van der Waals surface area contributed by atoms with Gasteiger partial charge in [-0.05, 0) is 64.7 Å². The zero-order chi connectivity index (χ0) is 40.3. The molecule has 2 aliphatic heterocycles. The number of phenols is 3. The minimum absolute atomic E-state index is 0.0284. The topological polar surface area (TPSA) is 274 Å². The van der Waals surface area contributed by atoms with Crippen molar-refractivity contribution in [2.45, 2.75) is 56.0 Å². The molecule has 0 saturated carbocycles. The van der Waals surface area contributed by atoms with Crippen LogP contribution in [0.3, 0.4) is 0 Å². The van der Waals surface area contributed by atoms with Crippen molar-refractivity contribution in [3.8, 4) is 17.2 Å². The summed E-state index contributed by atoms with van der Waals surface area (Å²) in [6, 6.07) is 19.7. The van der Waals surface area contributed by atoms with Gasteiger partial charge < -0.3 is 56.2 Å². The lowest BCUT2D eigenvalue weighted by Crippen LogP contribution is -2.43. The monoisotopic (exact) mass is 794 g/mol. The number of urea groups is 1. The average molecular weight is 795 g/mol. The Balaban J connectivity index is 1.08. The van der Waals surface area contributed by atoms with Gasteiger partial charge in [-0.15, -0.1) is 10.2 Å². The molecule has 3 aromatic heterocycles. The van der Waals surface area contributed by atoms with E-state index in [0.29, 0.717) is 43.3 Å². The molecule has 20 nitrogen and oxygen atoms in total. The van der Waals surface area contributed by atoms with Gasteiger partial charge >= 0.3 is 6.03 Å². The lowest BCUT2D eigenvalue weighted by Gasteiger charge is -2.22. The molecule has 2 aliphatic rings. The number of aliphatic hydroxyl groups excluding tert-OH is 3. The Bertz CT molecular complexity index is 2310. The fourth-order valence-corrected chi connectivity index (χ4v) is 7.20. The molecule has 6 aromatic rings. The van der Waals surface area contributed by atoms with Crippen LogP contribution in [0.4, 0.5) is 16.6 Å². The molecule has 302 valence electrons. The Morgan fingerprint density at radius 2 is 1.67 bits per heavy atom. The Morgan fingerprint density at radius 1 is 0.931 bits per heavy atom. The van der Waals surface area contributed by atoms with Gasteiger partial charge in [0.05, 0.1) is 19.5 Å². The predicted octanol–water partition coefficient (Wildman–Crippen LogP) is 1.24. The molecule has 3 aromatic carbocycles. The van der Waals surface area contributed by atoms with Crippen molar-refractivity contribution in [3.05, 3.63) is 102 Å². The maximum Gasteiger partial charge on any atom is 0.315 e. The molecule has 2 saturated heterocycles. The Labute approximate surface area is 330 Å². The molecule has 5 heterocycles. The zero-order valence-electron chi connectivity index (χ0n) is 30.9. The van der Waals surface area contributed by atoms with Crippen molar-refractivity contribution in [1.82, 2.24) is 50.4 Å². The van der Waals surface area contributed by atoms with Gasteiger partial charge in [-0.3, -0.25) is 4.57 Å². The number of phenolic OH excluding ortho intramolecular Hbond substituents is 3. The summed E-state index contributed by atoms with van der Waals surface area (Å²) in [5, 5.41) is 82.7. The Hall–Kier alpha value is -6.61. The number of anilines is 2. The molecule has 0 aliphatic carbocycles. The van der Waals surface area contributed by atoms with Gasteiger partial charge in [0.1, 0.15) is 29.5 Å². The van der Waals surface area contributed by atoms with Crippen molar-refractivity contribution in [1.29, 1.82) is 0 Å². The number of hydrogen-bond donors (Lipinski definition) is 9. The third-order valence-electron chi connectivity index (χ3n) is 10.2. The van der Waals surface area contributed by atoms with Crippen LogP contribution in [0.1, 0.15) is 47.2 Å². The molecule has 0 spiro atoms. The van der Waals surface area contributed by atoms with E-state index in [1.807, 2.05) is 29.2 Å². The Morgan fingerprint density at radius 3 is 2.38 bits per heavy atom. The van der Waals surface area contributed by atoms with E-state index < -0.39 is 24.5 Å². The van der Waals surface area contributed by atoms with E-state index in [-0.39, 0.29) is 66.4 Å². The predicted molar refractivity (Wildman–Crippen MR) is 206 cm³/mol. The smallest absolute Gasteiger partial charge is 0.315 e. The molecule has 0 radical (unpaired) electrons. The van der Waals surface area contributed by atoms with Crippen LogP contribution >= 0.6 is 0 Å². The number of benzene rings is 3. The summed E-state index contributed by atoms with van der Waals surface area (Å²) in [6.45, 7) is 1.27. The van der Waals surface area contributed by atoms with Gasteiger partial charge in [0, 0.05) is 38.1 Å². The normalized spacial score (nSPS) is 20.6. The number of aliphatic hydroxyl groups is 3. The fourth-order valence-electron chi connectivity index (χ4n) is 7.20. The van der Waals surface area contributed by atoms with Crippen LogP contribution in [0.15, 0.2) is 79.1 Å². The largest absolute Gasteiger partial charge is 0.508 e. The number of tetrazole rings is 1. The minimum Gasteiger partial charge on any atom is -0.508 e. The van der Waals surface area contributed by atoms with E-state index in [4.69, 9.17) is 14.7 Å². The summed E-state index contributed by atoms with van der Waals surface area (Å²) in [4.78, 5) is 30.4. The highest BCUT2D eigenvalue weighted by atomic mass is 16.6. The van der Waals surface area contributed by atoms with Gasteiger partial charge in [0.15, 0.2) is 29.3 Å². The number of nitrogens with zero attached hydrogens (tertiary/aromatic N) is 9. The summed E-state index contributed by atoms with van der Waals surface area (Å²) in [5.41, 5.74) is 3.15. The molecule has 5 atom stereocenters. The molecule has 1 unspecified atom stereocenters. The van der Waals surface area contributed by atoms with E-state index in [1.165, 1.54) is 10.9 Å². The third kappa shape index (κ3) is 8.11. The first kappa shape index (κ1) is 38.3. The van der Waals surface area contributed by atoms with Crippen molar-refractivity contribution in [2.24, 2.45) is 0 Å². The molecule has 20 heteroatoms. The van der Waals surface area contributed by atoms with Crippen LogP contribution in [0, 0.1) is 0 Å². The van der Waals surface area contributed by atoms with Gasteiger partial charge in [0.2, 0.25) is 11.8 Å². The number of fused-ring (bicyclic) bond motifs is 1. The number of carbonyl (C=O) groups is 1. The number of hydrogen-bond acceptors (Lipinski definition) is 16. The van der Waals surface area contributed by atoms with Crippen molar-refractivity contribution in [3.63, 3.8) is 0 Å². The lowest BCUT2D eigenvalue weighted by molar-refractivity contribution is -0.0384. The second-order valence-electron chi connectivity index (χ2n) is 14.1. The first-order valence-electron chi connectivity index (χ1n) is 18.7. The number of carbonyl (C=O) groups excluding carboxylic acids is 1. The highest BCUT2D eigenvalue weighted by Gasteiger charge is 2.47. The van der Waals surface area contributed by atoms with Crippen LogP contribution < -0.4 is 20.9 Å². The highest BCUT2D eigenvalue weighted by Crippen LogP contribution is 2.39. The first-order valence-corrected chi connectivity index (χ1v) is 18.7. The second kappa shape index (κ2) is 16.5. The van der Waals surface area contributed by atoms with Gasteiger partial charge in [-0.1, -0.05) is 36.4 Å². The van der Waals surface area contributed by atoms with E-state index >= 15 is 0 Å². The molecule has 2 fully saturated rings. The summed E-state index contributed by atoms with van der Waals surface area (Å²) in [6.07, 6.45) is -3.17. The second-order valence-corrected chi connectivity index (χ2v) is 14.1. The number of rotatable bonds is 13. The summed E-state index contributed by atoms with van der Waals surface area (Å²) < 4.78 is 7.66. The van der Waals surface area contributed by atoms with Crippen LogP contribution in [0.5, 0.6) is 17.2 Å². The third-order valence-corrected chi connectivity index (χ3v) is 10.2. The molecular formula is C38H42N12O8. The quantitative estimate of drug-likeness (QED) is 0.0796. The van der Waals surface area contributed by atoms with Crippen LogP contribution in [-0.2, 0) is 17.8 Å². The molecule has 58 heavy (non-hydrogen) atoms. The molecule has 2 amide bonds. The van der Waals surface area contributed by atoms with E-state index in [1.54, 1.807) is 48.5 Å². The molecular weight excluding hydrogens is 752 g/mol. The number of aromatic nitrogens is 8. The molecule has 8 rings (SSSR count). The van der Waals surface area contributed by atoms with Crippen LogP contribution in [0.25, 0.3) is 11.2 Å². The van der Waals surface area contributed by atoms with Crippen molar-refractivity contribution >= 4 is 29.0 Å². The fraction of sp³-hybridized carbons (Fsp3) is 0.342. The maximum atomic E-state index is 12.9. The number of imidazole rings is 1. The maximum absolute atomic E-state index is 12.9. The van der Waals surface area contributed by atoms with Gasteiger partial charge in [-0.2, -0.15) is 14.8 Å². The lowest BCUT2D eigenvalue weighted by atomic mass is 9.91. The van der Waals surface area contributed by atoms with Crippen LogP contribution in [0.2, 0.25) is 0 Å². The van der Waals surface area contributed by atoms with Crippen molar-refractivity contribution in [2.75, 3.05) is 36.5 Å². The number of amides is 2. The zero-order valence-corrected chi connectivity index (χ0v) is 30.9. The molecule has 0 bridgehead atoms. The van der Waals surface area contributed by atoms with E-state index in [9.17, 15) is 35.4 Å². The average Bonchev–Trinajstić information content (AvgIpc) is 4.03. The highest BCUT2D eigenvalue weighted by molar-refractivity contribution is 5.84. The van der Waals surface area contributed by atoms with Gasteiger partial charge in [0.25, 0.3) is 0 Å². The van der Waals surface area contributed by atoms with Crippen LogP contribution in [-0.4, -0.2) is 121 Å². The summed E-state index contributed by atoms with van der Waals surface area (Å²) in [5.74, 6) is 0.787. The standard InChI is InChI=1S/C38H42N12O8/c51-15-14-50-46-34(45-47-50)32-30(55)31(56)36(58-32)49-20-41-29-33(39-18-28(22-4-8-25(52)9-5-22)23-6-10-26(53)11-7-23)43-37(44-35(29)49)48-13-12-24(19-48)42-38(57)40-17-21-2-1-3-27(54)16-21/h1-11,16,20,24,28,30-32,36,51-56H,12-15,17-19H2,(H,39,43,44)(H2,40,42,57)/t24?,30-,31+,32-,36+/m0/s1. The minimum atomic E-state index is -1.45. The Kier molecular flexibility index (Phi) is 10.9. The number of nitrogens with one attached hydrogen (secondary N) is 3. The summed E-state index contributed by atoms with van der Waals surface area (Å²) in [7, 11) is 0.